The molecule has 0 saturated carbocycles. The first-order valence-corrected chi connectivity index (χ1v) is 6.05. The fraction of sp³-hybridized carbons (Fsp3) is 0.462. The highest BCUT2D eigenvalue weighted by Crippen LogP contribution is 2.25. The Balaban J connectivity index is 2.69. The number of benzene rings is 1. The van der Waals surface area contributed by atoms with Gasteiger partial charge in [0.1, 0.15) is 5.78 Å². The third-order valence-corrected chi connectivity index (χ3v) is 3.57. The number of carbonyl (C=O) groups is 1. The van der Waals surface area contributed by atoms with Crippen molar-refractivity contribution in [2.24, 2.45) is 0 Å². The number of hydrogen-bond acceptors (Lipinski definition) is 1. The summed E-state index contributed by atoms with van der Waals surface area (Å²) in [4.78, 5) is 10.9. The number of aryl methyl sites for hydroxylation is 1. The number of rotatable bonds is 4. The Morgan fingerprint density at radius 3 is 2.67 bits per heavy atom. The van der Waals surface area contributed by atoms with Crippen molar-refractivity contribution in [3.05, 3.63) is 33.8 Å². The Hall–Kier alpha value is -0.630. The normalized spacial score (nSPS) is 12.5. The Labute approximate surface area is 100 Å². The van der Waals surface area contributed by atoms with E-state index in [1.54, 1.807) is 6.92 Å². The molecule has 15 heavy (non-hydrogen) atoms. The van der Waals surface area contributed by atoms with Crippen LogP contribution in [-0.4, -0.2) is 5.78 Å². The van der Waals surface area contributed by atoms with Gasteiger partial charge in [-0.25, -0.2) is 0 Å². The highest BCUT2D eigenvalue weighted by atomic mass is 79.9. The van der Waals surface area contributed by atoms with Gasteiger partial charge in [0.05, 0.1) is 0 Å². The smallest absolute Gasteiger partial charge is 0.129 e. The van der Waals surface area contributed by atoms with E-state index in [-0.39, 0.29) is 5.78 Å². The lowest BCUT2D eigenvalue weighted by molar-refractivity contribution is -0.117. The van der Waals surface area contributed by atoms with Crippen LogP contribution in [0.15, 0.2) is 22.7 Å². The van der Waals surface area contributed by atoms with Crippen LogP contribution < -0.4 is 0 Å². The van der Waals surface area contributed by atoms with E-state index >= 15 is 0 Å². The molecule has 0 amide bonds. The molecule has 0 radical (unpaired) electrons. The molecule has 0 saturated heterocycles. The standard InChI is InChI=1S/C13H17BrO/c1-9(4-5-11(3)15)12-6-7-13(14)10(2)8-12/h6-9H,4-5H2,1-3H3. The maximum absolute atomic E-state index is 10.9. The average molecular weight is 269 g/mol. The molecular weight excluding hydrogens is 252 g/mol. The summed E-state index contributed by atoms with van der Waals surface area (Å²) in [6, 6.07) is 6.39. The number of hydrogen-bond donors (Lipinski definition) is 0. The second kappa shape index (κ2) is 5.45. The molecule has 0 bridgehead atoms. The van der Waals surface area contributed by atoms with Crippen molar-refractivity contribution in [2.75, 3.05) is 0 Å². The van der Waals surface area contributed by atoms with Gasteiger partial charge in [0.25, 0.3) is 0 Å². The van der Waals surface area contributed by atoms with Crippen LogP contribution in [0.1, 0.15) is 43.7 Å². The zero-order chi connectivity index (χ0) is 11.4. The van der Waals surface area contributed by atoms with Crippen molar-refractivity contribution >= 4 is 21.7 Å². The number of Topliss-reactive ketones (excluding diaryl/α,β-unsaturated/α-hetero) is 1. The largest absolute Gasteiger partial charge is 0.300 e. The zero-order valence-corrected chi connectivity index (χ0v) is 11.1. The molecule has 0 aromatic heterocycles. The van der Waals surface area contributed by atoms with Crippen LogP contribution in [0.2, 0.25) is 0 Å². The van der Waals surface area contributed by atoms with Crippen molar-refractivity contribution in [1.29, 1.82) is 0 Å². The lowest BCUT2D eigenvalue weighted by atomic mass is 9.94. The summed E-state index contributed by atoms with van der Waals surface area (Å²) in [5.41, 5.74) is 2.57. The average Bonchev–Trinajstić information content (AvgIpc) is 2.18. The lowest BCUT2D eigenvalue weighted by Gasteiger charge is -2.12. The van der Waals surface area contributed by atoms with Gasteiger partial charge in [-0.2, -0.15) is 0 Å². The molecule has 0 N–H and O–H groups in total. The SMILES string of the molecule is CC(=O)CCC(C)c1ccc(Br)c(C)c1. The topological polar surface area (TPSA) is 17.1 Å². The van der Waals surface area contributed by atoms with E-state index in [1.165, 1.54) is 11.1 Å². The third-order valence-electron chi connectivity index (χ3n) is 2.68. The minimum absolute atomic E-state index is 0.274. The minimum Gasteiger partial charge on any atom is -0.300 e. The zero-order valence-electron chi connectivity index (χ0n) is 9.51. The molecule has 1 aromatic rings. The van der Waals surface area contributed by atoms with E-state index in [0.717, 1.165) is 10.9 Å². The quantitative estimate of drug-likeness (QED) is 0.799. The van der Waals surface area contributed by atoms with Crippen molar-refractivity contribution in [3.63, 3.8) is 0 Å². The van der Waals surface area contributed by atoms with Crippen molar-refractivity contribution in [1.82, 2.24) is 0 Å². The first kappa shape index (κ1) is 12.4. The molecule has 1 unspecified atom stereocenters. The van der Waals surface area contributed by atoms with Crippen LogP contribution in [0.25, 0.3) is 0 Å². The van der Waals surface area contributed by atoms with Gasteiger partial charge in [-0.15, -0.1) is 0 Å². The number of halogens is 1. The maximum atomic E-state index is 10.9. The highest BCUT2D eigenvalue weighted by molar-refractivity contribution is 9.10. The van der Waals surface area contributed by atoms with Crippen LogP contribution in [-0.2, 0) is 4.79 Å². The first-order valence-electron chi connectivity index (χ1n) is 5.26. The van der Waals surface area contributed by atoms with E-state index in [9.17, 15) is 4.79 Å². The van der Waals surface area contributed by atoms with E-state index in [4.69, 9.17) is 0 Å². The second-order valence-corrected chi connectivity index (χ2v) is 5.00. The van der Waals surface area contributed by atoms with Crippen LogP contribution in [0.4, 0.5) is 0 Å². The number of carbonyl (C=O) groups excluding carboxylic acids is 1. The van der Waals surface area contributed by atoms with Gasteiger partial charge in [0, 0.05) is 10.9 Å². The van der Waals surface area contributed by atoms with Crippen LogP contribution >= 0.6 is 15.9 Å². The summed E-state index contributed by atoms with van der Waals surface area (Å²) in [6.07, 6.45) is 1.62. The third kappa shape index (κ3) is 3.78. The van der Waals surface area contributed by atoms with Gasteiger partial charge < -0.3 is 4.79 Å². The van der Waals surface area contributed by atoms with Crippen molar-refractivity contribution in [2.45, 2.75) is 39.5 Å². The van der Waals surface area contributed by atoms with Crippen molar-refractivity contribution < 1.29 is 4.79 Å². The molecule has 0 aliphatic heterocycles. The molecular formula is C13H17BrO. The predicted octanol–water partition coefficient (Wildman–Crippen LogP) is 4.23. The fourth-order valence-corrected chi connectivity index (χ4v) is 1.81. The Morgan fingerprint density at radius 2 is 2.13 bits per heavy atom. The summed E-state index contributed by atoms with van der Waals surface area (Å²) in [5.74, 6) is 0.733. The molecule has 0 heterocycles. The molecule has 82 valence electrons. The molecule has 0 spiro atoms. The molecule has 1 aromatic carbocycles. The van der Waals surface area contributed by atoms with E-state index < -0.39 is 0 Å². The van der Waals surface area contributed by atoms with Gasteiger partial charge in [-0.05, 0) is 43.4 Å². The van der Waals surface area contributed by atoms with Gasteiger partial charge in [-0.3, -0.25) is 0 Å². The molecule has 1 nitrogen and oxygen atoms in total. The van der Waals surface area contributed by atoms with Gasteiger partial charge in [0.15, 0.2) is 0 Å². The number of ketones is 1. The molecule has 1 atom stereocenters. The van der Waals surface area contributed by atoms with Crippen LogP contribution in [0.3, 0.4) is 0 Å². The molecule has 2 heteroatoms. The van der Waals surface area contributed by atoms with E-state index in [0.29, 0.717) is 12.3 Å². The Morgan fingerprint density at radius 1 is 1.47 bits per heavy atom. The summed E-state index contributed by atoms with van der Waals surface area (Å²) < 4.78 is 1.14. The summed E-state index contributed by atoms with van der Waals surface area (Å²) in [6.45, 7) is 5.91. The first-order chi connectivity index (χ1) is 7.00. The summed E-state index contributed by atoms with van der Waals surface area (Å²) in [5, 5.41) is 0. The van der Waals surface area contributed by atoms with Gasteiger partial charge >= 0.3 is 0 Å². The molecule has 0 aliphatic rings. The molecule has 0 fully saturated rings. The van der Waals surface area contributed by atoms with E-state index in [2.05, 4.69) is 48.0 Å². The maximum Gasteiger partial charge on any atom is 0.129 e. The molecule has 1 rings (SSSR count). The van der Waals surface area contributed by atoms with Crippen molar-refractivity contribution in [3.8, 4) is 0 Å². The van der Waals surface area contributed by atoms with Crippen LogP contribution in [0.5, 0.6) is 0 Å². The highest BCUT2D eigenvalue weighted by Gasteiger charge is 2.07. The summed E-state index contributed by atoms with van der Waals surface area (Å²) in [7, 11) is 0. The Bertz CT molecular complexity index is 358. The second-order valence-electron chi connectivity index (χ2n) is 4.15. The minimum atomic E-state index is 0.274. The van der Waals surface area contributed by atoms with Gasteiger partial charge in [0.2, 0.25) is 0 Å². The van der Waals surface area contributed by atoms with E-state index in [1.807, 2.05) is 0 Å². The predicted molar refractivity (Wildman–Crippen MR) is 67.2 cm³/mol. The lowest BCUT2D eigenvalue weighted by Crippen LogP contribution is -1.98. The fourth-order valence-electron chi connectivity index (χ4n) is 1.56. The van der Waals surface area contributed by atoms with Gasteiger partial charge in [-0.1, -0.05) is 35.0 Å². The Kier molecular flexibility index (Phi) is 4.52. The summed E-state index contributed by atoms with van der Waals surface area (Å²) >= 11 is 3.49. The monoisotopic (exact) mass is 268 g/mol. The van der Waals surface area contributed by atoms with Crippen LogP contribution in [0, 0.1) is 6.92 Å². The molecule has 0 aliphatic carbocycles.